The highest BCUT2D eigenvalue weighted by Crippen LogP contribution is 2.47. The van der Waals surface area contributed by atoms with Crippen LogP contribution in [0.1, 0.15) is 0 Å². The van der Waals surface area contributed by atoms with Crippen LogP contribution < -0.4 is 15.9 Å². The Morgan fingerprint density at radius 3 is 0.554 bits per heavy atom. The lowest BCUT2D eigenvalue weighted by Gasteiger charge is -2.23. The lowest BCUT2D eigenvalue weighted by atomic mass is 9.94. The summed E-state index contributed by atoms with van der Waals surface area (Å²) in [5.74, 6) is 0. The van der Waals surface area contributed by atoms with Crippen LogP contribution >= 0.6 is 7.14 Å². The van der Waals surface area contributed by atoms with Crippen LogP contribution in [-0.4, -0.2) is 0 Å². The van der Waals surface area contributed by atoms with Gasteiger partial charge >= 0.3 is 0 Å². The van der Waals surface area contributed by atoms with Crippen LogP contribution in [0.25, 0.3) is 97.0 Å². The molecular formula is C54H33OP. The summed E-state index contributed by atoms with van der Waals surface area (Å²) in [6.45, 7) is 0. The first-order valence-electron chi connectivity index (χ1n) is 19.3. The molecule has 0 spiro atoms. The van der Waals surface area contributed by atoms with E-state index in [0.29, 0.717) is 0 Å². The number of hydrogen-bond donors (Lipinski definition) is 0. The van der Waals surface area contributed by atoms with Gasteiger partial charge in [0.1, 0.15) is 0 Å². The number of rotatable bonds is 3. The summed E-state index contributed by atoms with van der Waals surface area (Å²) >= 11 is 0. The molecule has 12 aromatic carbocycles. The minimum Gasteiger partial charge on any atom is -0.309 e. The summed E-state index contributed by atoms with van der Waals surface area (Å²) in [5, 5.41) is 23.8. The van der Waals surface area contributed by atoms with Crippen LogP contribution in [0.5, 0.6) is 0 Å². The van der Waals surface area contributed by atoms with Gasteiger partial charge < -0.3 is 4.57 Å². The molecule has 0 N–H and O–H groups in total. The van der Waals surface area contributed by atoms with Crippen molar-refractivity contribution in [1.29, 1.82) is 0 Å². The molecule has 0 aliphatic carbocycles. The van der Waals surface area contributed by atoms with Crippen molar-refractivity contribution in [3.63, 3.8) is 0 Å². The second-order valence-corrected chi connectivity index (χ2v) is 17.8. The van der Waals surface area contributed by atoms with Crippen molar-refractivity contribution in [2.24, 2.45) is 0 Å². The fourth-order valence-electron chi connectivity index (χ4n) is 9.72. The van der Waals surface area contributed by atoms with Gasteiger partial charge in [-0.1, -0.05) is 182 Å². The first-order valence-corrected chi connectivity index (χ1v) is 21.0. The smallest absolute Gasteiger partial charge is 0.171 e. The van der Waals surface area contributed by atoms with Gasteiger partial charge in [-0.05, 0) is 115 Å². The fourth-order valence-corrected chi connectivity index (χ4v) is 12.4. The van der Waals surface area contributed by atoms with Crippen molar-refractivity contribution in [1.82, 2.24) is 0 Å². The van der Waals surface area contributed by atoms with E-state index in [1.54, 1.807) is 0 Å². The van der Waals surface area contributed by atoms with Crippen LogP contribution in [0.2, 0.25) is 0 Å². The second kappa shape index (κ2) is 11.9. The predicted octanol–water partition coefficient (Wildman–Crippen LogP) is 13.7. The summed E-state index contributed by atoms with van der Waals surface area (Å²) in [6.07, 6.45) is 0. The highest BCUT2D eigenvalue weighted by molar-refractivity contribution is 7.85. The first kappa shape index (κ1) is 31.5. The topological polar surface area (TPSA) is 17.1 Å². The molecule has 0 amide bonds. The SMILES string of the molecule is O=P(c1ccc2c3ccccc3c3ccccc3c2c1)(c1ccc2c3ccccc3c3ccccc3c2c1)c1ccc2c3ccccc3c3ccccc3c2c1. The molecule has 0 bridgehead atoms. The van der Waals surface area contributed by atoms with Gasteiger partial charge in [-0.25, -0.2) is 0 Å². The maximum absolute atomic E-state index is 16.9. The molecule has 0 heterocycles. The molecule has 0 aromatic heterocycles. The Morgan fingerprint density at radius 2 is 0.357 bits per heavy atom. The van der Waals surface area contributed by atoms with E-state index in [4.69, 9.17) is 0 Å². The second-order valence-electron chi connectivity index (χ2n) is 15.1. The van der Waals surface area contributed by atoms with E-state index in [-0.39, 0.29) is 0 Å². The van der Waals surface area contributed by atoms with Gasteiger partial charge in [-0.3, -0.25) is 0 Å². The van der Waals surface area contributed by atoms with E-state index < -0.39 is 7.14 Å². The van der Waals surface area contributed by atoms with Crippen LogP contribution in [-0.2, 0) is 4.57 Å². The van der Waals surface area contributed by atoms with Crippen molar-refractivity contribution in [2.75, 3.05) is 0 Å². The summed E-state index contributed by atoms with van der Waals surface area (Å²) in [7, 11) is -3.50. The normalized spacial score (nSPS) is 12.4. The molecule has 12 aromatic rings. The Hall–Kier alpha value is -6.79. The van der Waals surface area contributed by atoms with Crippen molar-refractivity contribution in [3.05, 3.63) is 200 Å². The monoisotopic (exact) mass is 728 g/mol. The molecule has 0 radical (unpaired) electrons. The molecule has 2 heteroatoms. The van der Waals surface area contributed by atoms with Crippen molar-refractivity contribution >= 4 is 120 Å². The Balaban J connectivity index is 1.21. The van der Waals surface area contributed by atoms with Gasteiger partial charge in [-0.15, -0.1) is 0 Å². The predicted molar refractivity (Wildman–Crippen MR) is 243 cm³/mol. The molecule has 0 saturated heterocycles. The van der Waals surface area contributed by atoms with Gasteiger partial charge in [0.15, 0.2) is 7.14 Å². The maximum Gasteiger partial charge on any atom is 0.171 e. The zero-order chi connectivity index (χ0) is 37.0. The van der Waals surface area contributed by atoms with Crippen LogP contribution in [0.15, 0.2) is 200 Å². The molecule has 0 unspecified atom stereocenters. The lowest BCUT2D eigenvalue weighted by molar-refractivity contribution is 0.592. The average molecular weight is 729 g/mol. The standard InChI is InChI=1S/C54H33OP/c55-56(34-25-28-49-43-19-4-1-13-37(43)40-16-7-10-22-46(40)52(49)31-34,35-26-29-50-44-20-5-2-14-38(44)41-17-8-11-23-47(41)53(50)32-35)36-27-30-51-45-21-6-3-15-39(45)42-18-9-12-24-48(42)54(51)33-36/h1-33H. The molecule has 0 aliphatic rings. The molecule has 260 valence electrons. The van der Waals surface area contributed by atoms with Gasteiger partial charge in [0.25, 0.3) is 0 Å². The summed E-state index contributed by atoms with van der Waals surface area (Å²) in [5.41, 5.74) is 0. The van der Waals surface area contributed by atoms with Gasteiger partial charge in [0.2, 0.25) is 0 Å². The third-order valence-electron chi connectivity index (χ3n) is 12.3. The zero-order valence-electron chi connectivity index (χ0n) is 30.4. The van der Waals surface area contributed by atoms with Crippen LogP contribution in [0.4, 0.5) is 0 Å². The Kier molecular flexibility index (Phi) is 6.68. The summed E-state index contributed by atoms with van der Waals surface area (Å²) in [6, 6.07) is 71.6. The highest BCUT2D eigenvalue weighted by atomic mass is 31.2. The molecule has 0 saturated carbocycles. The molecule has 0 atom stereocenters. The van der Waals surface area contributed by atoms with Gasteiger partial charge in [-0.2, -0.15) is 0 Å². The van der Waals surface area contributed by atoms with Crippen molar-refractivity contribution in [3.8, 4) is 0 Å². The Morgan fingerprint density at radius 1 is 0.196 bits per heavy atom. The van der Waals surface area contributed by atoms with Crippen LogP contribution in [0, 0.1) is 0 Å². The van der Waals surface area contributed by atoms with E-state index in [0.717, 1.165) is 32.1 Å². The highest BCUT2D eigenvalue weighted by Gasteiger charge is 2.32. The third kappa shape index (κ3) is 4.35. The number of fused-ring (bicyclic) bond motifs is 18. The van der Waals surface area contributed by atoms with E-state index in [1.165, 1.54) is 80.8 Å². The van der Waals surface area contributed by atoms with Gasteiger partial charge in [0, 0.05) is 15.9 Å². The molecule has 56 heavy (non-hydrogen) atoms. The fraction of sp³-hybridized carbons (Fsp3) is 0. The largest absolute Gasteiger partial charge is 0.309 e. The third-order valence-corrected chi connectivity index (χ3v) is 15.3. The molecular weight excluding hydrogens is 696 g/mol. The number of benzene rings is 12. The first-order chi connectivity index (χ1) is 27.7. The maximum atomic E-state index is 16.9. The lowest BCUT2D eigenvalue weighted by Crippen LogP contribution is -2.25. The van der Waals surface area contributed by atoms with E-state index in [2.05, 4.69) is 200 Å². The van der Waals surface area contributed by atoms with E-state index in [9.17, 15) is 0 Å². The zero-order valence-corrected chi connectivity index (χ0v) is 31.3. The molecule has 1 nitrogen and oxygen atoms in total. The number of hydrogen-bond acceptors (Lipinski definition) is 1. The van der Waals surface area contributed by atoms with E-state index in [1.807, 2.05) is 0 Å². The summed E-state index contributed by atoms with van der Waals surface area (Å²) < 4.78 is 16.9. The quantitative estimate of drug-likeness (QED) is 0.131. The molecule has 12 rings (SSSR count). The Bertz CT molecular complexity index is 3200. The Labute approximate surface area is 323 Å². The van der Waals surface area contributed by atoms with Crippen LogP contribution in [0.3, 0.4) is 0 Å². The minimum atomic E-state index is -3.50. The molecule has 0 aliphatic heterocycles. The minimum absolute atomic E-state index is 0.833. The summed E-state index contributed by atoms with van der Waals surface area (Å²) in [4.78, 5) is 0. The molecule has 0 fully saturated rings. The van der Waals surface area contributed by atoms with Crippen molar-refractivity contribution < 1.29 is 4.57 Å². The average Bonchev–Trinajstić information content (AvgIpc) is 3.28. The van der Waals surface area contributed by atoms with E-state index >= 15 is 4.57 Å². The van der Waals surface area contributed by atoms with Crippen molar-refractivity contribution in [2.45, 2.75) is 0 Å². The van der Waals surface area contributed by atoms with Gasteiger partial charge in [0.05, 0.1) is 0 Å².